The van der Waals surface area contributed by atoms with Gasteiger partial charge in [-0.25, -0.2) is 0 Å². The second-order valence-electron chi connectivity index (χ2n) is 2.90. The topological polar surface area (TPSA) is 56.2 Å². The first kappa shape index (κ1) is 8.47. The molecule has 5 heteroatoms. The second-order valence-corrected chi connectivity index (χ2v) is 3.30. The molecule has 1 unspecified atom stereocenters. The van der Waals surface area contributed by atoms with Crippen LogP contribution in [-0.4, -0.2) is 14.6 Å². The number of nitrogens with two attached hydrogens (primary N) is 1. The molecule has 4 nitrogen and oxygen atoms in total. The predicted octanol–water partition coefficient (Wildman–Crippen LogP) is 1.40. The molecule has 0 saturated heterocycles. The van der Waals surface area contributed by atoms with E-state index in [9.17, 15) is 0 Å². The third-order valence-corrected chi connectivity index (χ3v) is 2.12. The Morgan fingerprint density at radius 2 is 2.31 bits per heavy atom. The number of pyridine rings is 1. The van der Waals surface area contributed by atoms with Crippen LogP contribution in [0.25, 0.3) is 5.65 Å². The van der Waals surface area contributed by atoms with E-state index >= 15 is 0 Å². The van der Waals surface area contributed by atoms with Gasteiger partial charge in [-0.2, -0.15) is 0 Å². The minimum absolute atomic E-state index is 0.145. The van der Waals surface area contributed by atoms with Crippen LogP contribution in [-0.2, 0) is 0 Å². The number of halogens is 1. The predicted molar refractivity (Wildman–Crippen MR) is 50.6 cm³/mol. The lowest BCUT2D eigenvalue weighted by atomic mass is 10.3. The highest BCUT2D eigenvalue weighted by atomic mass is 35.5. The zero-order valence-corrected chi connectivity index (χ0v) is 7.86. The van der Waals surface area contributed by atoms with Crippen LogP contribution in [0.1, 0.15) is 18.8 Å². The molecule has 0 spiro atoms. The zero-order chi connectivity index (χ0) is 9.42. The fraction of sp³-hybridized carbons (Fsp3) is 0.250. The van der Waals surface area contributed by atoms with Gasteiger partial charge in [0.2, 0.25) is 0 Å². The number of nitrogens with zero attached hydrogens (tertiary/aromatic N) is 3. The lowest BCUT2D eigenvalue weighted by molar-refractivity contribution is 0.726. The number of fused-ring (bicyclic) bond motifs is 1. The van der Waals surface area contributed by atoms with Crippen molar-refractivity contribution >= 4 is 17.2 Å². The van der Waals surface area contributed by atoms with E-state index in [4.69, 9.17) is 17.3 Å². The summed E-state index contributed by atoms with van der Waals surface area (Å²) in [6.45, 7) is 1.86. The van der Waals surface area contributed by atoms with Gasteiger partial charge in [0.25, 0.3) is 0 Å². The van der Waals surface area contributed by atoms with Gasteiger partial charge in [-0.1, -0.05) is 11.6 Å². The van der Waals surface area contributed by atoms with Crippen molar-refractivity contribution < 1.29 is 0 Å². The molecule has 2 aromatic rings. The van der Waals surface area contributed by atoms with E-state index in [2.05, 4.69) is 10.2 Å². The molecule has 0 aliphatic rings. The molecular formula is C8H9ClN4. The van der Waals surface area contributed by atoms with Crippen LogP contribution in [0.4, 0.5) is 0 Å². The monoisotopic (exact) mass is 196 g/mol. The molecule has 2 heterocycles. The fourth-order valence-electron chi connectivity index (χ4n) is 1.21. The molecule has 0 amide bonds. The minimum atomic E-state index is -0.145. The SMILES string of the molecule is CC(N)c1nnc2c(Cl)cccn12. The highest BCUT2D eigenvalue weighted by Gasteiger charge is 2.10. The van der Waals surface area contributed by atoms with E-state index in [-0.39, 0.29) is 6.04 Å². The first-order valence-electron chi connectivity index (χ1n) is 3.95. The normalized spacial score (nSPS) is 13.5. The van der Waals surface area contributed by atoms with E-state index in [0.717, 1.165) is 5.82 Å². The largest absolute Gasteiger partial charge is 0.322 e. The second kappa shape index (κ2) is 2.97. The lowest BCUT2D eigenvalue weighted by Crippen LogP contribution is -2.09. The molecule has 0 saturated carbocycles. The van der Waals surface area contributed by atoms with Gasteiger partial charge in [-0.15, -0.1) is 10.2 Å². The Kier molecular flexibility index (Phi) is 1.94. The van der Waals surface area contributed by atoms with Crippen molar-refractivity contribution in [3.05, 3.63) is 29.2 Å². The van der Waals surface area contributed by atoms with Crippen molar-refractivity contribution in [1.82, 2.24) is 14.6 Å². The van der Waals surface area contributed by atoms with Gasteiger partial charge < -0.3 is 5.73 Å². The van der Waals surface area contributed by atoms with Crippen molar-refractivity contribution in [3.8, 4) is 0 Å². The summed E-state index contributed by atoms with van der Waals surface area (Å²) in [5.41, 5.74) is 6.36. The maximum atomic E-state index is 5.91. The number of hydrogen-bond acceptors (Lipinski definition) is 3. The van der Waals surface area contributed by atoms with Crippen LogP contribution < -0.4 is 5.73 Å². The van der Waals surface area contributed by atoms with E-state index in [0.29, 0.717) is 10.7 Å². The Morgan fingerprint density at radius 3 is 3.00 bits per heavy atom. The van der Waals surface area contributed by atoms with Crippen molar-refractivity contribution in [2.75, 3.05) is 0 Å². The average molecular weight is 197 g/mol. The maximum absolute atomic E-state index is 5.91. The molecule has 0 aliphatic heterocycles. The third kappa shape index (κ3) is 1.28. The summed E-state index contributed by atoms with van der Waals surface area (Å²) >= 11 is 5.91. The van der Waals surface area contributed by atoms with Crippen molar-refractivity contribution in [1.29, 1.82) is 0 Å². The van der Waals surface area contributed by atoms with Crippen LogP contribution in [0.15, 0.2) is 18.3 Å². The van der Waals surface area contributed by atoms with E-state index in [1.807, 2.05) is 19.2 Å². The number of hydrogen-bond donors (Lipinski definition) is 1. The smallest absolute Gasteiger partial charge is 0.179 e. The summed E-state index contributed by atoms with van der Waals surface area (Å²) in [5.74, 6) is 0.720. The quantitative estimate of drug-likeness (QED) is 0.750. The summed E-state index contributed by atoms with van der Waals surface area (Å²) < 4.78 is 1.80. The molecular weight excluding hydrogens is 188 g/mol. The third-order valence-electron chi connectivity index (χ3n) is 1.82. The van der Waals surface area contributed by atoms with Crippen LogP contribution in [0.2, 0.25) is 5.02 Å². The molecule has 0 bridgehead atoms. The van der Waals surface area contributed by atoms with Gasteiger partial charge in [-0.3, -0.25) is 4.40 Å². The molecule has 2 aromatic heterocycles. The molecule has 2 rings (SSSR count). The summed E-state index contributed by atoms with van der Waals surface area (Å²) in [4.78, 5) is 0. The average Bonchev–Trinajstić information content (AvgIpc) is 2.48. The number of rotatable bonds is 1. The highest BCUT2D eigenvalue weighted by molar-refractivity contribution is 6.33. The first-order valence-corrected chi connectivity index (χ1v) is 4.32. The molecule has 0 aromatic carbocycles. The molecule has 0 fully saturated rings. The number of aromatic nitrogens is 3. The van der Waals surface area contributed by atoms with Crippen LogP contribution in [0, 0.1) is 0 Å². The Labute approximate surface area is 80.3 Å². The maximum Gasteiger partial charge on any atom is 0.179 e. The molecule has 0 radical (unpaired) electrons. The standard InChI is InChI=1S/C8H9ClN4/c1-5(10)7-11-12-8-6(9)3-2-4-13(7)8/h2-5H,10H2,1H3. The van der Waals surface area contributed by atoms with Gasteiger partial charge in [0, 0.05) is 6.20 Å². The summed E-state index contributed by atoms with van der Waals surface area (Å²) in [6.07, 6.45) is 1.85. The molecule has 68 valence electrons. The first-order chi connectivity index (χ1) is 6.20. The lowest BCUT2D eigenvalue weighted by Gasteiger charge is -2.02. The van der Waals surface area contributed by atoms with E-state index in [1.54, 1.807) is 10.5 Å². The highest BCUT2D eigenvalue weighted by Crippen LogP contribution is 2.17. The van der Waals surface area contributed by atoms with Crippen LogP contribution in [0.3, 0.4) is 0 Å². The van der Waals surface area contributed by atoms with Crippen molar-refractivity contribution in [3.63, 3.8) is 0 Å². The van der Waals surface area contributed by atoms with Gasteiger partial charge in [0.05, 0.1) is 11.1 Å². The molecule has 13 heavy (non-hydrogen) atoms. The Balaban J connectivity index is 2.75. The van der Waals surface area contributed by atoms with Crippen molar-refractivity contribution in [2.45, 2.75) is 13.0 Å². The summed E-state index contributed by atoms with van der Waals surface area (Å²) in [5, 5.41) is 8.48. The fourth-order valence-corrected chi connectivity index (χ4v) is 1.41. The molecule has 1 atom stereocenters. The van der Waals surface area contributed by atoms with Crippen molar-refractivity contribution in [2.24, 2.45) is 5.73 Å². The van der Waals surface area contributed by atoms with Gasteiger partial charge in [0.15, 0.2) is 11.5 Å². The Morgan fingerprint density at radius 1 is 1.54 bits per heavy atom. The van der Waals surface area contributed by atoms with Crippen LogP contribution >= 0.6 is 11.6 Å². The van der Waals surface area contributed by atoms with Gasteiger partial charge >= 0.3 is 0 Å². The summed E-state index contributed by atoms with van der Waals surface area (Å²) in [7, 11) is 0. The Hall–Kier alpha value is -1.13. The minimum Gasteiger partial charge on any atom is -0.322 e. The van der Waals surface area contributed by atoms with Gasteiger partial charge in [0.1, 0.15) is 0 Å². The summed E-state index contributed by atoms with van der Waals surface area (Å²) in [6, 6.07) is 3.47. The van der Waals surface area contributed by atoms with E-state index in [1.165, 1.54) is 0 Å². The van der Waals surface area contributed by atoms with Crippen LogP contribution in [0.5, 0.6) is 0 Å². The Bertz CT molecular complexity index is 435. The van der Waals surface area contributed by atoms with E-state index < -0.39 is 0 Å². The van der Waals surface area contributed by atoms with Gasteiger partial charge in [-0.05, 0) is 19.1 Å². The zero-order valence-electron chi connectivity index (χ0n) is 7.11. The molecule has 0 aliphatic carbocycles. The molecule has 2 N–H and O–H groups in total.